The van der Waals surface area contributed by atoms with Gasteiger partial charge in [0.25, 0.3) is 5.91 Å². The maximum Gasteiger partial charge on any atom is 0.257 e. The van der Waals surface area contributed by atoms with Crippen molar-refractivity contribution >= 4 is 11.6 Å². The summed E-state index contributed by atoms with van der Waals surface area (Å²) >= 11 is 0. The quantitative estimate of drug-likeness (QED) is 0.869. The summed E-state index contributed by atoms with van der Waals surface area (Å²) in [5.74, 6) is 0.688. The lowest BCUT2D eigenvalue weighted by atomic mass is 10.1. The highest BCUT2D eigenvalue weighted by atomic mass is 16.5. The molecule has 4 heteroatoms. The summed E-state index contributed by atoms with van der Waals surface area (Å²) in [6.07, 6.45) is 0. The standard InChI is InChI=1S/C20H24N2O2/c1-15-7-6-9-18(16(15)2)21-11-13-22(14-12-21)20(23)17-8-4-5-10-19(17)24-3/h4-10H,11-14H2,1-3H3. The van der Waals surface area contributed by atoms with Gasteiger partial charge in [0, 0.05) is 31.9 Å². The van der Waals surface area contributed by atoms with Crippen molar-refractivity contribution in [1.29, 1.82) is 0 Å². The van der Waals surface area contributed by atoms with E-state index in [1.165, 1.54) is 16.8 Å². The van der Waals surface area contributed by atoms with Gasteiger partial charge < -0.3 is 14.5 Å². The van der Waals surface area contributed by atoms with Crippen molar-refractivity contribution in [2.75, 3.05) is 38.2 Å². The van der Waals surface area contributed by atoms with E-state index >= 15 is 0 Å². The van der Waals surface area contributed by atoms with Crippen molar-refractivity contribution in [3.63, 3.8) is 0 Å². The average molecular weight is 324 g/mol. The van der Waals surface area contributed by atoms with Crippen molar-refractivity contribution in [1.82, 2.24) is 4.90 Å². The number of ether oxygens (including phenoxy) is 1. The summed E-state index contributed by atoms with van der Waals surface area (Å²) < 4.78 is 5.32. The molecule has 1 amide bonds. The lowest BCUT2D eigenvalue weighted by molar-refractivity contribution is 0.0743. The molecular formula is C20H24N2O2. The number of methoxy groups -OCH3 is 1. The monoisotopic (exact) mass is 324 g/mol. The van der Waals surface area contributed by atoms with E-state index in [0.29, 0.717) is 11.3 Å². The fourth-order valence-corrected chi connectivity index (χ4v) is 3.22. The summed E-state index contributed by atoms with van der Waals surface area (Å²) in [6.45, 7) is 7.46. The molecular weight excluding hydrogens is 300 g/mol. The van der Waals surface area contributed by atoms with Crippen molar-refractivity contribution in [2.45, 2.75) is 13.8 Å². The van der Waals surface area contributed by atoms with Gasteiger partial charge in [-0.2, -0.15) is 0 Å². The van der Waals surface area contributed by atoms with E-state index in [1.807, 2.05) is 29.2 Å². The molecule has 126 valence electrons. The number of carbonyl (C=O) groups excluding carboxylic acids is 1. The van der Waals surface area contributed by atoms with Gasteiger partial charge in [-0.05, 0) is 43.2 Å². The van der Waals surface area contributed by atoms with Gasteiger partial charge in [-0.15, -0.1) is 0 Å². The second-order valence-electron chi connectivity index (χ2n) is 6.20. The fraction of sp³-hybridized carbons (Fsp3) is 0.350. The summed E-state index contributed by atoms with van der Waals surface area (Å²) in [5, 5.41) is 0. The zero-order chi connectivity index (χ0) is 17.1. The van der Waals surface area contributed by atoms with Crippen LogP contribution >= 0.6 is 0 Å². The Morgan fingerprint density at radius 3 is 2.38 bits per heavy atom. The molecule has 3 rings (SSSR count). The molecule has 0 N–H and O–H groups in total. The molecule has 0 radical (unpaired) electrons. The SMILES string of the molecule is COc1ccccc1C(=O)N1CCN(c2cccc(C)c2C)CC1. The van der Waals surface area contributed by atoms with Gasteiger partial charge in [0.1, 0.15) is 5.75 Å². The highest BCUT2D eigenvalue weighted by Crippen LogP contribution is 2.25. The Hall–Kier alpha value is -2.49. The van der Waals surface area contributed by atoms with E-state index in [-0.39, 0.29) is 5.91 Å². The Labute approximate surface area is 143 Å². The number of anilines is 1. The van der Waals surface area contributed by atoms with E-state index in [0.717, 1.165) is 26.2 Å². The minimum absolute atomic E-state index is 0.0491. The van der Waals surface area contributed by atoms with E-state index in [9.17, 15) is 4.79 Å². The number of rotatable bonds is 3. The number of amides is 1. The Kier molecular flexibility index (Phi) is 4.74. The summed E-state index contributed by atoms with van der Waals surface area (Å²) in [4.78, 5) is 17.1. The fourth-order valence-electron chi connectivity index (χ4n) is 3.22. The molecule has 2 aromatic carbocycles. The molecule has 2 aromatic rings. The molecule has 1 aliphatic heterocycles. The van der Waals surface area contributed by atoms with Crippen LogP contribution in [0.2, 0.25) is 0 Å². The van der Waals surface area contributed by atoms with E-state index in [4.69, 9.17) is 4.74 Å². The van der Waals surface area contributed by atoms with Crippen molar-refractivity contribution in [3.05, 3.63) is 59.2 Å². The predicted octanol–water partition coefficient (Wildman–Crippen LogP) is 3.27. The minimum atomic E-state index is 0.0491. The summed E-state index contributed by atoms with van der Waals surface area (Å²) in [5.41, 5.74) is 4.54. The normalized spacial score (nSPS) is 14.6. The molecule has 1 fully saturated rings. The first-order valence-electron chi connectivity index (χ1n) is 8.35. The maximum atomic E-state index is 12.8. The number of hydrogen-bond acceptors (Lipinski definition) is 3. The van der Waals surface area contributed by atoms with Crippen LogP contribution in [0, 0.1) is 13.8 Å². The first-order chi connectivity index (χ1) is 11.6. The van der Waals surface area contributed by atoms with E-state index < -0.39 is 0 Å². The third-order valence-electron chi connectivity index (χ3n) is 4.82. The number of para-hydroxylation sites is 1. The van der Waals surface area contributed by atoms with Gasteiger partial charge >= 0.3 is 0 Å². The third kappa shape index (κ3) is 3.09. The molecule has 0 saturated carbocycles. The Bertz CT molecular complexity index is 734. The van der Waals surface area contributed by atoms with Crippen molar-refractivity contribution in [3.8, 4) is 5.75 Å². The number of piperazine rings is 1. The highest BCUT2D eigenvalue weighted by Gasteiger charge is 2.24. The van der Waals surface area contributed by atoms with Crippen LogP contribution in [0.15, 0.2) is 42.5 Å². The van der Waals surface area contributed by atoms with Crippen LogP contribution in [0.4, 0.5) is 5.69 Å². The van der Waals surface area contributed by atoms with Gasteiger partial charge in [0.15, 0.2) is 0 Å². The Balaban J connectivity index is 1.71. The molecule has 1 aliphatic rings. The molecule has 0 unspecified atom stereocenters. The lowest BCUT2D eigenvalue weighted by Crippen LogP contribution is -2.49. The highest BCUT2D eigenvalue weighted by molar-refractivity contribution is 5.97. The molecule has 1 heterocycles. The summed E-state index contributed by atoms with van der Waals surface area (Å²) in [7, 11) is 1.60. The topological polar surface area (TPSA) is 32.8 Å². The third-order valence-corrected chi connectivity index (χ3v) is 4.82. The first-order valence-corrected chi connectivity index (χ1v) is 8.35. The van der Waals surface area contributed by atoms with Crippen molar-refractivity contribution < 1.29 is 9.53 Å². The smallest absolute Gasteiger partial charge is 0.257 e. The summed E-state index contributed by atoms with van der Waals surface area (Å²) in [6, 6.07) is 13.8. The van der Waals surface area contributed by atoms with Gasteiger partial charge in [0.05, 0.1) is 12.7 Å². The molecule has 1 saturated heterocycles. The number of nitrogens with zero attached hydrogens (tertiary/aromatic N) is 2. The van der Waals surface area contributed by atoms with Crippen LogP contribution in [0.25, 0.3) is 0 Å². The molecule has 0 aliphatic carbocycles. The average Bonchev–Trinajstić information content (AvgIpc) is 2.63. The van der Waals surface area contributed by atoms with Gasteiger partial charge in [-0.3, -0.25) is 4.79 Å². The zero-order valence-electron chi connectivity index (χ0n) is 14.6. The molecule has 0 atom stereocenters. The molecule has 24 heavy (non-hydrogen) atoms. The number of carbonyl (C=O) groups is 1. The van der Waals surface area contributed by atoms with Crippen LogP contribution in [-0.4, -0.2) is 44.1 Å². The van der Waals surface area contributed by atoms with Gasteiger partial charge in [0.2, 0.25) is 0 Å². The van der Waals surface area contributed by atoms with E-state index in [2.05, 4.69) is 36.9 Å². The molecule has 0 spiro atoms. The lowest BCUT2D eigenvalue weighted by Gasteiger charge is -2.37. The van der Waals surface area contributed by atoms with Crippen LogP contribution in [-0.2, 0) is 0 Å². The first kappa shape index (κ1) is 16.4. The number of hydrogen-bond donors (Lipinski definition) is 0. The van der Waals surface area contributed by atoms with Crippen LogP contribution < -0.4 is 9.64 Å². The Morgan fingerprint density at radius 1 is 0.958 bits per heavy atom. The number of benzene rings is 2. The molecule has 0 bridgehead atoms. The van der Waals surface area contributed by atoms with Crippen molar-refractivity contribution in [2.24, 2.45) is 0 Å². The molecule has 0 aromatic heterocycles. The number of aryl methyl sites for hydroxylation is 1. The largest absolute Gasteiger partial charge is 0.496 e. The van der Waals surface area contributed by atoms with E-state index in [1.54, 1.807) is 7.11 Å². The zero-order valence-corrected chi connectivity index (χ0v) is 14.6. The second kappa shape index (κ2) is 6.95. The maximum absolute atomic E-state index is 12.8. The van der Waals surface area contributed by atoms with Crippen LogP contribution in [0.3, 0.4) is 0 Å². The van der Waals surface area contributed by atoms with Crippen LogP contribution in [0.1, 0.15) is 21.5 Å². The second-order valence-corrected chi connectivity index (χ2v) is 6.20. The van der Waals surface area contributed by atoms with Gasteiger partial charge in [-0.25, -0.2) is 0 Å². The minimum Gasteiger partial charge on any atom is -0.496 e. The predicted molar refractivity (Wildman–Crippen MR) is 97.0 cm³/mol. The van der Waals surface area contributed by atoms with Gasteiger partial charge in [-0.1, -0.05) is 24.3 Å². The Morgan fingerprint density at radius 2 is 1.67 bits per heavy atom. The molecule has 4 nitrogen and oxygen atoms in total. The van der Waals surface area contributed by atoms with Crippen LogP contribution in [0.5, 0.6) is 5.75 Å².